The summed E-state index contributed by atoms with van der Waals surface area (Å²) in [5.41, 5.74) is 2.57. The smallest absolute Gasteiger partial charge is 0.263 e. The molecule has 0 aromatic carbocycles. The van der Waals surface area contributed by atoms with Crippen molar-refractivity contribution in [1.82, 2.24) is 25.1 Å². The number of pyridine rings is 1. The van der Waals surface area contributed by atoms with Gasteiger partial charge in [0.25, 0.3) is 5.91 Å². The molecule has 3 aromatic rings. The SMILES string of the molecule is CCc1nn(C)c(OC)c1CNC(=O)c1cnc(-c2ccccn2)s1. The highest BCUT2D eigenvalue weighted by Crippen LogP contribution is 2.24. The number of carbonyl (C=O) groups excluding carboxylic acids is 1. The maximum Gasteiger partial charge on any atom is 0.263 e. The predicted molar refractivity (Wildman–Crippen MR) is 95.7 cm³/mol. The van der Waals surface area contributed by atoms with Gasteiger partial charge in [-0.25, -0.2) is 9.67 Å². The van der Waals surface area contributed by atoms with Gasteiger partial charge in [0.15, 0.2) is 0 Å². The second-order valence-corrected chi connectivity index (χ2v) is 6.37. The molecule has 0 aliphatic heterocycles. The summed E-state index contributed by atoms with van der Waals surface area (Å²) >= 11 is 1.32. The molecule has 0 bridgehead atoms. The van der Waals surface area contributed by atoms with E-state index < -0.39 is 0 Å². The summed E-state index contributed by atoms with van der Waals surface area (Å²) < 4.78 is 7.08. The fraction of sp³-hybridized carbons (Fsp3) is 0.294. The zero-order valence-electron chi connectivity index (χ0n) is 14.3. The van der Waals surface area contributed by atoms with Gasteiger partial charge in [0.1, 0.15) is 9.88 Å². The second-order valence-electron chi connectivity index (χ2n) is 5.34. The zero-order valence-corrected chi connectivity index (χ0v) is 15.1. The Balaban J connectivity index is 1.73. The number of methoxy groups -OCH3 is 1. The van der Waals surface area contributed by atoms with E-state index in [1.807, 2.05) is 32.2 Å². The Morgan fingerprint density at radius 1 is 1.36 bits per heavy atom. The van der Waals surface area contributed by atoms with E-state index in [2.05, 4.69) is 20.4 Å². The van der Waals surface area contributed by atoms with Crippen LogP contribution in [0.5, 0.6) is 5.88 Å². The van der Waals surface area contributed by atoms with E-state index in [1.54, 1.807) is 24.2 Å². The predicted octanol–water partition coefficient (Wildman–Crippen LogP) is 2.44. The number of aryl methyl sites for hydroxylation is 2. The third-order valence-electron chi connectivity index (χ3n) is 3.74. The van der Waals surface area contributed by atoms with Crippen molar-refractivity contribution < 1.29 is 9.53 Å². The second kappa shape index (κ2) is 7.43. The number of thiazole rings is 1. The Hall–Kier alpha value is -2.74. The van der Waals surface area contributed by atoms with Crippen LogP contribution in [0.25, 0.3) is 10.7 Å². The Morgan fingerprint density at radius 2 is 2.20 bits per heavy atom. The molecule has 3 aromatic heterocycles. The summed E-state index contributed by atoms with van der Waals surface area (Å²) in [5, 5.41) is 8.06. The average Bonchev–Trinajstić information content (AvgIpc) is 3.24. The lowest BCUT2D eigenvalue weighted by Crippen LogP contribution is -2.22. The van der Waals surface area contributed by atoms with E-state index in [0.717, 1.165) is 28.4 Å². The average molecular weight is 357 g/mol. The van der Waals surface area contributed by atoms with Crippen LogP contribution in [0.15, 0.2) is 30.6 Å². The lowest BCUT2D eigenvalue weighted by atomic mass is 10.2. The topological polar surface area (TPSA) is 81.9 Å². The minimum Gasteiger partial charge on any atom is -0.481 e. The summed E-state index contributed by atoms with van der Waals surface area (Å²) in [4.78, 5) is 21.5. The number of carbonyl (C=O) groups is 1. The summed E-state index contributed by atoms with van der Waals surface area (Å²) in [6.45, 7) is 2.38. The first-order valence-electron chi connectivity index (χ1n) is 7.88. The van der Waals surface area contributed by atoms with Crippen molar-refractivity contribution in [1.29, 1.82) is 0 Å². The molecule has 130 valence electrons. The molecule has 0 atom stereocenters. The van der Waals surface area contributed by atoms with Crippen LogP contribution in [0.1, 0.15) is 27.9 Å². The molecule has 25 heavy (non-hydrogen) atoms. The maximum atomic E-state index is 12.4. The molecule has 0 saturated heterocycles. The van der Waals surface area contributed by atoms with Crippen LogP contribution in [0.4, 0.5) is 0 Å². The number of nitrogens with one attached hydrogen (secondary N) is 1. The van der Waals surface area contributed by atoms with Crippen molar-refractivity contribution >= 4 is 17.2 Å². The van der Waals surface area contributed by atoms with Crippen LogP contribution in [-0.2, 0) is 20.0 Å². The monoisotopic (exact) mass is 357 g/mol. The molecule has 8 heteroatoms. The largest absolute Gasteiger partial charge is 0.481 e. The highest BCUT2D eigenvalue weighted by atomic mass is 32.1. The molecule has 0 unspecified atom stereocenters. The number of ether oxygens (including phenoxy) is 1. The van der Waals surface area contributed by atoms with E-state index in [4.69, 9.17) is 4.74 Å². The van der Waals surface area contributed by atoms with Gasteiger partial charge in [-0.3, -0.25) is 9.78 Å². The molecule has 1 N–H and O–H groups in total. The molecule has 0 aliphatic rings. The van der Waals surface area contributed by atoms with Crippen molar-refractivity contribution in [2.24, 2.45) is 7.05 Å². The summed E-state index contributed by atoms with van der Waals surface area (Å²) in [6.07, 6.45) is 4.05. The van der Waals surface area contributed by atoms with Gasteiger partial charge in [0, 0.05) is 13.2 Å². The van der Waals surface area contributed by atoms with Crippen LogP contribution in [0, 0.1) is 0 Å². The first-order chi connectivity index (χ1) is 12.1. The molecule has 0 spiro atoms. The zero-order chi connectivity index (χ0) is 17.8. The van der Waals surface area contributed by atoms with Gasteiger partial charge in [-0.15, -0.1) is 11.3 Å². The fourth-order valence-corrected chi connectivity index (χ4v) is 3.37. The number of amides is 1. The molecular weight excluding hydrogens is 338 g/mol. The van der Waals surface area contributed by atoms with E-state index in [9.17, 15) is 4.79 Å². The number of hydrogen-bond acceptors (Lipinski definition) is 6. The van der Waals surface area contributed by atoms with E-state index in [-0.39, 0.29) is 5.91 Å². The quantitative estimate of drug-likeness (QED) is 0.733. The minimum absolute atomic E-state index is 0.173. The van der Waals surface area contributed by atoms with Crippen molar-refractivity contribution in [3.63, 3.8) is 0 Å². The van der Waals surface area contributed by atoms with Crippen LogP contribution in [0.2, 0.25) is 0 Å². The molecule has 3 rings (SSSR count). The molecule has 7 nitrogen and oxygen atoms in total. The van der Waals surface area contributed by atoms with Crippen LogP contribution >= 0.6 is 11.3 Å². The van der Waals surface area contributed by atoms with E-state index in [1.165, 1.54) is 11.3 Å². The molecule has 0 fully saturated rings. The standard InChI is InChI=1S/C17H19N5O2S/c1-4-12-11(17(24-3)22(2)21-12)9-19-15(23)14-10-20-16(25-14)13-7-5-6-8-18-13/h5-8,10H,4,9H2,1-3H3,(H,19,23). The van der Waals surface area contributed by atoms with Gasteiger partial charge in [-0.2, -0.15) is 5.10 Å². The lowest BCUT2D eigenvalue weighted by Gasteiger charge is -2.06. The number of rotatable bonds is 6. The number of nitrogens with zero attached hydrogens (tertiary/aromatic N) is 4. The van der Waals surface area contributed by atoms with Crippen LogP contribution in [-0.4, -0.2) is 32.8 Å². The van der Waals surface area contributed by atoms with Gasteiger partial charge < -0.3 is 10.1 Å². The Kier molecular flexibility index (Phi) is 5.08. The summed E-state index contributed by atoms with van der Waals surface area (Å²) in [6, 6.07) is 5.61. The Bertz CT molecular complexity index is 873. The summed E-state index contributed by atoms with van der Waals surface area (Å²) in [5.74, 6) is 0.489. The first kappa shape index (κ1) is 17.1. The van der Waals surface area contributed by atoms with Crippen molar-refractivity contribution in [2.45, 2.75) is 19.9 Å². The van der Waals surface area contributed by atoms with Crippen molar-refractivity contribution in [3.05, 3.63) is 46.7 Å². The van der Waals surface area contributed by atoms with Crippen molar-refractivity contribution in [2.75, 3.05) is 7.11 Å². The Morgan fingerprint density at radius 3 is 2.88 bits per heavy atom. The molecule has 1 amide bonds. The minimum atomic E-state index is -0.173. The van der Waals surface area contributed by atoms with Gasteiger partial charge in [0.05, 0.1) is 36.8 Å². The third kappa shape index (κ3) is 3.53. The lowest BCUT2D eigenvalue weighted by molar-refractivity contribution is 0.0954. The van der Waals surface area contributed by atoms with Crippen molar-refractivity contribution in [3.8, 4) is 16.6 Å². The molecule has 3 heterocycles. The molecular formula is C17H19N5O2S. The van der Waals surface area contributed by atoms with E-state index >= 15 is 0 Å². The highest BCUT2D eigenvalue weighted by molar-refractivity contribution is 7.16. The molecule has 0 radical (unpaired) electrons. The fourth-order valence-electron chi connectivity index (χ4n) is 2.57. The normalized spacial score (nSPS) is 10.7. The number of hydrogen-bond donors (Lipinski definition) is 1. The summed E-state index contributed by atoms with van der Waals surface area (Å²) in [7, 11) is 3.43. The number of aromatic nitrogens is 4. The molecule has 0 saturated carbocycles. The Labute approximate surface area is 149 Å². The van der Waals surface area contributed by atoms with Crippen LogP contribution in [0.3, 0.4) is 0 Å². The third-order valence-corrected chi connectivity index (χ3v) is 4.76. The maximum absolute atomic E-state index is 12.4. The van der Waals surface area contributed by atoms with Gasteiger partial charge in [-0.05, 0) is 18.6 Å². The van der Waals surface area contributed by atoms with Gasteiger partial charge in [0.2, 0.25) is 5.88 Å². The first-order valence-corrected chi connectivity index (χ1v) is 8.69. The van der Waals surface area contributed by atoms with Gasteiger partial charge in [-0.1, -0.05) is 13.0 Å². The van der Waals surface area contributed by atoms with E-state index in [0.29, 0.717) is 17.3 Å². The molecule has 0 aliphatic carbocycles. The van der Waals surface area contributed by atoms with Crippen LogP contribution < -0.4 is 10.1 Å². The highest BCUT2D eigenvalue weighted by Gasteiger charge is 2.18. The van der Waals surface area contributed by atoms with Gasteiger partial charge >= 0.3 is 0 Å².